The van der Waals surface area contributed by atoms with Gasteiger partial charge < -0.3 is 0 Å². The molecule has 0 spiro atoms. The monoisotopic (exact) mass is 430 g/mol. The Morgan fingerprint density at radius 2 is 1.71 bits per heavy atom. The van der Waals surface area contributed by atoms with E-state index < -0.39 is 9.84 Å². The average Bonchev–Trinajstić information content (AvgIpc) is 2.43. The van der Waals surface area contributed by atoms with Crippen molar-refractivity contribution in [3.05, 3.63) is 63.6 Å². The van der Waals surface area contributed by atoms with Crippen molar-refractivity contribution in [1.82, 2.24) is 0 Å². The van der Waals surface area contributed by atoms with E-state index in [1.807, 2.05) is 37.3 Å². The summed E-state index contributed by atoms with van der Waals surface area (Å²) in [7, 11) is -3.30. The van der Waals surface area contributed by atoms with Gasteiger partial charge in [0.1, 0.15) is 0 Å². The van der Waals surface area contributed by atoms with E-state index >= 15 is 0 Å². The molecule has 0 aromatic heterocycles. The van der Waals surface area contributed by atoms with Gasteiger partial charge in [-0.25, -0.2) is 8.42 Å². The third kappa shape index (κ3) is 4.41. The van der Waals surface area contributed by atoms with Crippen molar-refractivity contribution >= 4 is 41.7 Å². The minimum atomic E-state index is -3.30. The molecule has 0 atom stereocenters. The molecule has 0 heterocycles. The van der Waals surface area contributed by atoms with Gasteiger partial charge >= 0.3 is 0 Å². The van der Waals surface area contributed by atoms with Gasteiger partial charge in [0.15, 0.2) is 9.84 Å². The summed E-state index contributed by atoms with van der Waals surface area (Å²) in [4.78, 5) is 0.373. The van der Waals surface area contributed by atoms with E-state index in [2.05, 4.69) is 31.9 Å². The zero-order chi connectivity index (χ0) is 15.5. The molecule has 0 bridgehead atoms. The summed E-state index contributed by atoms with van der Waals surface area (Å²) in [6.07, 6.45) is 0.860. The number of alkyl halides is 1. The number of aryl methyl sites for hydroxylation is 2. The SMILES string of the molecule is Cc1ccc(S(=O)(=O)Cc2ccc(Br)c(CCBr)c2)cc1. The summed E-state index contributed by atoms with van der Waals surface area (Å²) in [5.41, 5.74) is 2.98. The third-order valence-corrected chi connectivity index (χ3v) is 6.08. The highest BCUT2D eigenvalue weighted by Gasteiger charge is 2.15. The Hall–Kier alpha value is -0.650. The van der Waals surface area contributed by atoms with Crippen molar-refractivity contribution in [2.45, 2.75) is 24.0 Å². The Kier molecular flexibility index (Phi) is 5.63. The van der Waals surface area contributed by atoms with Crippen LogP contribution in [0.5, 0.6) is 0 Å². The lowest BCUT2D eigenvalue weighted by Crippen LogP contribution is -2.05. The molecule has 0 N–H and O–H groups in total. The van der Waals surface area contributed by atoms with Crippen LogP contribution in [0.25, 0.3) is 0 Å². The summed E-state index contributed by atoms with van der Waals surface area (Å²) in [5, 5.41) is 0.847. The van der Waals surface area contributed by atoms with Crippen LogP contribution in [0.4, 0.5) is 0 Å². The molecule has 0 aliphatic heterocycles. The van der Waals surface area contributed by atoms with Crippen LogP contribution in [-0.4, -0.2) is 13.7 Å². The molecule has 2 nitrogen and oxygen atoms in total. The van der Waals surface area contributed by atoms with E-state index in [1.165, 1.54) is 0 Å². The first kappa shape index (κ1) is 16.7. The van der Waals surface area contributed by atoms with Crippen LogP contribution in [-0.2, 0) is 22.0 Å². The van der Waals surface area contributed by atoms with E-state index in [1.54, 1.807) is 12.1 Å². The van der Waals surface area contributed by atoms with Crippen LogP contribution < -0.4 is 0 Å². The first-order chi connectivity index (χ1) is 9.92. The lowest BCUT2D eigenvalue weighted by Gasteiger charge is -2.08. The molecule has 112 valence electrons. The molecule has 0 radical (unpaired) electrons. The van der Waals surface area contributed by atoms with E-state index in [4.69, 9.17) is 0 Å². The Labute approximate surface area is 142 Å². The molecule has 0 amide bonds. The fourth-order valence-electron chi connectivity index (χ4n) is 2.06. The summed E-state index contributed by atoms with van der Waals surface area (Å²) < 4.78 is 25.9. The number of halogens is 2. The number of hydrogen-bond acceptors (Lipinski definition) is 2. The highest BCUT2D eigenvalue weighted by molar-refractivity contribution is 9.10. The third-order valence-electron chi connectivity index (χ3n) is 3.21. The first-order valence-corrected chi connectivity index (χ1v) is 10.1. The number of hydrogen-bond donors (Lipinski definition) is 0. The summed E-state index contributed by atoms with van der Waals surface area (Å²) >= 11 is 6.90. The van der Waals surface area contributed by atoms with E-state index in [-0.39, 0.29) is 5.75 Å². The van der Waals surface area contributed by atoms with Crippen molar-refractivity contribution in [2.24, 2.45) is 0 Å². The maximum Gasteiger partial charge on any atom is 0.182 e. The Morgan fingerprint density at radius 1 is 1.05 bits per heavy atom. The normalized spacial score (nSPS) is 11.6. The van der Waals surface area contributed by atoms with Gasteiger partial charge in [0.05, 0.1) is 10.6 Å². The molecule has 2 aromatic carbocycles. The van der Waals surface area contributed by atoms with Gasteiger partial charge in [0.2, 0.25) is 0 Å². The van der Waals surface area contributed by atoms with Gasteiger partial charge in [0, 0.05) is 9.80 Å². The largest absolute Gasteiger partial charge is 0.223 e. The molecule has 2 rings (SSSR count). The van der Waals surface area contributed by atoms with Crippen LogP contribution in [0.3, 0.4) is 0 Å². The number of rotatable bonds is 5. The smallest absolute Gasteiger partial charge is 0.182 e. The van der Waals surface area contributed by atoms with Crippen molar-refractivity contribution in [3.63, 3.8) is 0 Å². The Bertz CT molecular complexity index is 722. The van der Waals surface area contributed by atoms with E-state index in [0.29, 0.717) is 4.90 Å². The van der Waals surface area contributed by atoms with Crippen LogP contribution in [0.15, 0.2) is 51.8 Å². The molecule has 2 aromatic rings. The topological polar surface area (TPSA) is 34.1 Å². The maximum absolute atomic E-state index is 12.4. The minimum Gasteiger partial charge on any atom is -0.223 e. The molecule has 0 unspecified atom stereocenters. The van der Waals surface area contributed by atoms with Crippen molar-refractivity contribution < 1.29 is 8.42 Å². The van der Waals surface area contributed by atoms with Crippen molar-refractivity contribution in [3.8, 4) is 0 Å². The van der Waals surface area contributed by atoms with E-state index in [9.17, 15) is 8.42 Å². The molecule has 0 fully saturated rings. The van der Waals surface area contributed by atoms with Gasteiger partial charge in [-0.2, -0.15) is 0 Å². The van der Waals surface area contributed by atoms with Crippen LogP contribution in [0.1, 0.15) is 16.7 Å². The fraction of sp³-hybridized carbons (Fsp3) is 0.250. The lowest BCUT2D eigenvalue weighted by atomic mass is 10.1. The van der Waals surface area contributed by atoms with Gasteiger partial charge in [-0.3, -0.25) is 0 Å². The molecular formula is C16H16Br2O2S. The summed E-state index contributed by atoms with van der Waals surface area (Å²) in [6.45, 7) is 1.94. The van der Waals surface area contributed by atoms with Gasteiger partial charge in [-0.1, -0.05) is 61.7 Å². The molecule has 5 heteroatoms. The molecule has 0 aliphatic carbocycles. The summed E-state index contributed by atoms with van der Waals surface area (Å²) in [6, 6.07) is 12.7. The predicted molar refractivity (Wildman–Crippen MR) is 93.7 cm³/mol. The molecule has 0 saturated carbocycles. The second-order valence-electron chi connectivity index (χ2n) is 4.94. The molecular weight excluding hydrogens is 416 g/mol. The Morgan fingerprint density at radius 3 is 2.33 bits per heavy atom. The molecule has 0 aliphatic rings. The lowest BCUT2D eigenvalue weighted by molar-refractivity contribution is 0.595. The van der Waals surface area contributed by atoms with Gasteiger partial charge in [-0.05, 0) is 42.7 Å². The second kappa shape index (κ2) is 7.07. The minimum absolute atomic E-state index is 0.0264. The van der Waals surface area contributed by atoms with Gasteiger partial charge in [-0.15, -0.1) is 0 Å². The highest BCUT2D eigenvalue weighted by atomic mass is 79.9. The molecule has 0 saturated heterocycles. The van der Waals surface area contributed by atoms with Crippen molar-refractivity contribution in [1.29, 1.82) is 0 Å². The van der Waals surface area contributed by atoms with E-state index in [0.717, 1.165) is 32.9 Å². The van der Waals surface area contributed by atoms with Gasteiger partial charge in [0.25, 0.3) is 0 Å². The quantitative estimate of drug-likeness (QED) is 0.644. The predicted octanol–water partition coefficient (Wildman–Crippen LogP) is 4.67. The highest BCUT2D eigenvalue weighted by Crippen LogP contribution is 2.23. The Balaban J connectivity index is 2.28. The number of benzene rings is 2. The van der Waals surface area contributed by atoms with Crippen molar-refractivity contribution in [2.75, 3.05) is 5.33 Å². The summed E-state index contributed by atoms with van der Waals surface area (Å²) in [5.74, 6) is 0.0264. The zero-order valence-electron chi connectivity index (χ0n) is 11.6. The first-order valence-electron chi connectivity index (χ1n) is 6.55. The van der Waals surface area contributed by atoms with Crippen LogP contribution in [0.2, 0.25) is 0 Å². The zero-order valence-corrected chi connectivity index (χ0v) is 15.6. The van der Waals surface area contributed by atoms with Crippen LogP contribution >= 0.6 is 31.9 Å². The fourth-order valence-corrected chi connectivity index (χ4v) is 4.27. The standard InChI is InChI=1S/C16H16Br2O2S/c1-12-2-5-15(6-3-12)21(19,20)11-13-4-7-16(18)14(10-13)8-9-17/h2-7,10H,8-9,11H2,1H3. The average molecular weight is 432 g/mol. The molecule has 21 heavy (non-hydrogen) atoms. The maximum atomic E-state index is 12.4. The number of sulfone groups is 1. The second-order valence-corrected chi connectivity index (χ2v) is 8.57. The van der Waals surface area contributed by atoms with Crippen LogP contribution in [0, 0.1) is 6.92 Å².